The molecule has 0 atom stereocenters. The third-order valence-corrected chi connectivity index (χ3v) is 6.59. The zero-order valence-corrected chi connectivity index (χ0v) is 23.3. The molecule has 0 aliphatic heterocycles. The summed E-state index contributed by atoms with van der Waals surface area (Å²) < 4.78 is 7.41. The minimum atomic E-state index is -0.437. The maximum absolute atomic E-state index is 13.8. The van der Waals surface area contributed by atoms with Crippen LogP contribution in [-0.4, -0.2) is 27.2 Å². The third-order valence-electron chi connectivity index (χ3n) is 6.34. The number of halogens is 1. The summed E-state index contributed by atoms with van der Waals surface area (Å²) >= 11 is 6.11. The lowest BCUT2D eigenvalue weighted by molar-refractivity contribution is -0.128. The molecule has 0 aliphatic rings. The summed E-state index contributed by atoms with van der Waals surface area (Å²) in [5.41, 5.74) is 4.17. The Morgan fingerprint density at radius 3 is 2.39 bits per heavy atom. The van der Waals surface area contributed by atoms with E-state index in [-0.39, 0.29) is 24.6 Å². The smallest absolute Gasteiger partial charge is 0.331 e. The summed E-state index contributed by atoms with van der Waals surface area (Å²) in [7, 11) is 1.64. The van der Waals surface area contributed by atoms with E-state index in [1.54, 1.807) is 13.2 Å². The van der Waals surface area contributed by atoms with E-state index in [1.807, 2.05) is 56.3 Å². The van der Waals surface area contributed by atoms with Crippen molar-refractivity contribution in [2.75, 3.05) is 6.61 Å². The first kappa shape index (κ1) is 28.9. The molecule has 0 aliphatic carbocycles. The van der Waals surface area contributed by atoms with Crippen LogP contribution in [0.25, 0.3) is 22.2 Å². The topological polar surface area (TPSA) is 83.2 Å². The van der Waals surface area contributed by atoms with Gasteiger partial charge in [-0.15, -0.1) is 0 Å². The van der Waals surface area contributed by atoms with Crippen LogP contribution in [0.15, 0.2) is 64.3 Å². The van der Waals surface area contributed by atoms with Crippen molar-refractivity contribution >= 4 is 29.0 Å². The molecular weight excluding hydrogens is 502 g/mol. The van der Waals surface area contributed by atoms with Crippen molar-refractivity contribution in [3.05, 3.63) is 97.3 Å². The molecule has 8 heteroatoms. The van der Waals surface area contributed by atoms with E-state index < -0.39 is 5.69 Å². The Kier molecular flexibility index (Phi) is 10.0. The van der Waals surface area contributed by atoms with E-state index >= 15 is 0 Å². The molecule has 0 spiro atoms. The Balaban J connectivity index is 0.00000195. The van der Waals surface area contributed by atoms with Gasteiger partial charge in [0.2, 0.25) is 0 Å². The number of rotatable bonds is 9. The molecule has 0 unspecified atom stereocenters. The maximum atomic E-state index is 13.8. The lowest BCUT2D eigenvalue weighted by Crippen LogP contribution is -2.40. The van der Waals surface area contributed by atoms with Gasteiger partial charge in [0.25, 0.3) is 12.0 Å². The molecule has 0 saturated heterocycles. The summed E-state index contributed by atoms with van der Waals surface area (Å²) in [4.78, 5) is 42.2. The fourth-order valence-electron chi connectivity index (χ4n) is 4.52. The van der Waals surface area contributed by atoms with E-state index in [9.17, 15) is 14.4 Å². The minimum Gasteiger partial charge on any atom is -0.468 e. The van der Waals surface area contributed by atoms with Crippen molar-refractivity contribution in [3.8, 4) is 11.3 Å². The van der Waals surface area contributed by atoms with Gasteiger partial charge in [0.05, 0.1) is 29.4 Å². The Morgan fingerprint density at radius 1 is 1.05 bits per heavy atom. The van der Waals surface area contributed by atoms with Gasteiger partial charge in [0, 0.05) is 30.6 Å². The first-order chi connectivity index (χ1) is 18.3. The molecule has 38 heavy (non-hydrogen) atoms. The number of pyridine rings is 1. The second kappa shape index (κ2) is 13.2. The molecule has 2 aromatic carbocycles. The van der Waals surface area contributed by atoms with E-state index in [1.165, 1.54) is 9.13 Å². The number of aromatic nitrogens is 3. The number of aryl methyl sites for hydroxylation is 1. The molecule has 4 rings (SSSR count). The monoisotopic (exact) mass is 535 g/mol. The van der Waals surface area contributed by atoms with Gasteiger partial charge >= 0.3 is 5.69 Å². The van der Waals surface area contributed by atoms with Crippen molar-refractivity contribution < 1.29 is 9.53 Å². The Morgan fingerprint density at radius 2 is 1.74 bits per heavy atom. The zero-order valence-electron chi connectivity index (χ0n) is 22.5. The average Bonchev–Trinajstić information content (AvgIpc) is 2.93. The zero-order chi connectivity index (χ0) is 27.8. The summed E-state index contributed by atoms with van der Waals surface area (Å²) in [5, 5.41) is 1.08. The highest BCUT2D eigenvalue weighted by atomic mass is 35.5. The molecule has 0 fully saturated rings. The highest BCUT2D eigenvalue weighted by Gasteiger charge is 2.21. The molecule has 2 aromatic heterocycles. The number of carbonyl (C=O) groups is 1. The van der Waals surface area contributed by atoms with Gasteiger partial charge < -0.3 is 4.74 Å². The second-order valence-electron chi connectivity index (χ2n) is 9.01. The maximum Gasteiger partial charge on any atom is 0.331 e. The third kappa shape index (κ3) is 6.05. The van der Waals surface area contributed by atoms with Gasteiger partial charge in [0.1, 0.15) is 0 Å². The van der Waals surface area contributed by atoms with Gasteiger partial charge in [-0.25, -0.2) is 4.79 Å². The van der Waals surface area contributed by atoms with Crippen LogP contribution in [0.3, 0.4) is 0 Å². The number of fused-ring (bicyclic) bond motifs is 1. The SMILES string of the molecule is CC.CC(C)c1ccccc1-c1ncc2c(c1Cc1ccc(Cl)cc1)c(=O)n(CCCOC=O)c(=O)n2C. The Labute approximate surface area is 227 Å². The van der Waals surface area contributed by atoms with Crippen LogP contribution < -0.4 is 11.2 Å². The van der Waals surface area contributed by atoms with Crippen molar-refractivity contribution in [3.63, 3.8) is 0 Å². The standard InChI is InChI=1S/C28H28ClN3O4.C2H6/c1-18(2)21-7-4-5-8-22(21)26-23(15-19-9-11-20(29)12-10-19)25-24(16-30-26)31(3)28(35)32(27(25)34)13-6-14-36-17-33;1-2/h4-5,7-12,16-18H,6,13-15H2,1-3H3;1-2H3. The quantitative estimate of drug-likeness (QED) is 0.202. The van der Waals surface area contributed by atoms with Crippen LogP contribution in [0.2, 0.25) is 5.02 Å². The normalized spacial score (nSPS) is 10.8. The first-order valence-electron chi connectivity index (χ1n) is 12.8. The highest BCUT2D eigenvalue weighted by molar-refractivity contribution is 6.30. The predicted molar refractivity (Wildman–Crippen MR) is 153 cm³/mol. The lowest BCUT2D eigenvalue weighted by atomic mass is 9.90. The van der Waals surface area contributed by atoms with Crippen molar-refractivity contribution in [2.45, 2.75) is 53.0 Å². The van der Waals surface area contributed by atoms with Gasteiger partial charge in [-0.2, -0.15) is 0 Å². The number of benzene rings is 2. The minimum absolute atomic E-state index is 0.123. The van der Waals surface area contributed by atoms with Gasteiger partial charge in [-0.1, -0.05) is 75.7 Å². The number of ether oxygens (including phenoxy) is 1. The number of hydrogen-bond donors (Lipinski definition) is 0. The van der Waals surface area contributed by atoms with Gasteiger partial charge in [-0.3, -0.25) is 23.7 Å². The molecule has 0 N–H and O–H groups in total. The molecule has 0 radical (unpaired) electrons. The number of hydrogen-bond acceptors (Lipinski definition) is 5. The van der Waals surface area contributed by atoms with Gasteiger partial charge in [0.15, 0.2) is 0 Å². The molecule has 0 amide bonds. The first-order valence-corrected chi connectivity index (χ1v) is 13.2. The van der Waals surface area contributed by atoms with Crippen LogP contribution in [0.5, 0.6) is 0 Å². The fourth-order valence-corrected chi connectivity index (χ4v) is 4.64. The Bertz CT molecular complexity index is 1520. The lowest BCUT2D eigenvalue weighted by Gasteiger charge is -2.19. The predicted octanol–water partition coefficient (Wildman–Crippen LogP) is 5.72. The van der Waals surface area contributed by atoms with Crippen molar-refractivity contribution in [1.82, 2.24) is 14.1 Å². The molecule has 0 bridgehead atoms. The van der Waals surface area contributed by atoms with E-state index in [0.717, 1.165) is 22.3 Å². The largest absolute Gasteiger partial charge is 0.468 e. The summed E-state index contributed by atoms with van der Waals surface area (Å²) in [6.45, 7) is 8.86. The Hall–Kier alpha value is -3.71. The van der Waals surface area contributed by atoms with E-state index in [4.69, 9.17) is 21.3 Å². The molecule has 200 valence electrons. The molecular formula is C30H34ClN3O4. The van der Waals surface area contributed by atoms with Gasteiger partial charge in [-0.05, 0) is 41.2 Å². The van der Waals surface area contributed by atoms with E-state index in [2.05, 4.69) is 19.9 Å². The van der Waals surface area contributed by atoms with E-state index in [0.29, 0.717) is 40.9 Å². The summed E-state index contributed by atoms with van der Waals surface area (Å²) in [6.07, 6.45) is 2.39. The summed E-state index contributed by atoms with van der Waals surface area (Å²) in [6, 6.07) is 15.5. The number of nitrogens with zero attached hydrogens (tertiary/aromatic N) is 3. The van der Waals surface area contributed by atoms with Crippen LogP contribution in [0, 0.1) is 0 Å². The van der Waals surface area contributed by atoms with Crippen molar-refractivity contribution in [2.24, 2.45) is 7.05 Å². The summed E-state index contributed by atoms with van der Waals surface area (Å²) in [5.74, 6) is 0.247. The van der Waals surface area contributed by atoms with Crippen LogP contribution in [-0.2, 0) is 29.5 Å². The number of carbonyl (C=O) groups excluding carboxylic acids is 1. The van der Waals surface area contributed by atoms with Crippen LogP contribution in [0.1, 0.15) is 56.7 Å². The molecule has 0 saturated carbocycles. The molecule has 2 heterocycles. The second-order valence-corrected chi connectivity index (χ2v) is 9.45. The van der Waals surface area contributed by atoms with Crippen molar-refractivity contribution in [1.29, 1.82) is 0 Å². The highest BCUT2D eigenvalue weighted by Crippen LogP contribution is 2.33. The average molecular weight is 536 g/mol. The van der Waals surface area contributed by atoms with Crippen LogP contribution >= 0.6 is 11.6 Å². The van der Waals surface area contributed by atoms with Crippen LogP contribution in [0.4, 0.5) is 0 Å². The molecule has 7 nitrogen and oxygen atoms in total. The fraction of sp³-hybridized carbons (Fsp3) is 0.333. The molecule has 4 aromatic rings.